The van der Waals surface area contributed by atoms with Crippen LogP contribution in [-0.2, 0) is 11.8 Å². The lowest BCUT2D eigenvalue weighted by Gasteiger charge is -2.30. The maximum absolute atomic E-state index is 12.6. The average Bonchev–Trinajstić information content (AvgIpc) is 3.36. The fourth-order valence-corrected chi connectivity index (χ4v) is 5.14. The Morgan fingerprint density at radius 3 is 2.89 bits per heavy atom. The number of amides is 1. The van der Waals surface area contributed by atoms with Crippen LogP contribution in [0, 0.1) is 12.8 Å². The summed E-state index contributed by atoms with van der Waals surface area (Å²) < 4.78 is 7.08. The Labute approximate surface area is 163 Å². The Morgan fingerprint density at radius 1 is 1.33 bits per heavy atom. The molecule has 2 aromatic rings. The van der Waals surface area contributed by atoms with Gasteiger partial charge in [-0.15, -0.1) is 11.3 Å². The molecule has 1 amide bonds. The van der Waals surface area contributed by atoms with E-state index in [9.17, 15) is 4.79 Å². The smallest absolute Gasteiger partial charge is 0.268 e. The predicted octanol–water partition coefficient (Wildman–Crippen LogP) is 3.00. The third kappa shape index (κ3) is 4.23. The quantitative estimate of drug-likeness (QED) is 0.851. The molecule has 27 heavy (non-hydrogen) atoms. The Kier molecular flexibility index (Phi) is 5.56. The van der Waals surface area contributed by atoms with Gasteiger partial charge in [0, 0.05) is 37.7 Å². The molecular formula is C19H27N5O2S. The van der Waals surface area contributed by atoms with E-state index in [1.54, 1.807) is 23.1 Å². The topological polar surface area (TPSA) is 72.3 Å². The standard InChI is InChI=1S/C19H27N5O2S/c1-13-20-19(23(2)22-13)21-18(25)17-6-5-16(27-17)15-4-3-9-24(15)12-14-7-10-26-11-8-14/h5-6,14-15H,3-4,7-12H2,1-2H3,(H,20,21,22,25). The van der Waals surface area contributed by atoms with Gasteiger partial charge >= 0.3 is 0 Å². The first-order chi connectivity index (χ1) is 13.1. The van der Waals surface area contributed by atoms with Crippen LogP contribution in [0.1, 0.15) is 52.1 Å². The van der Waals surface area contributed by atoms with Crippen molar-refractivity contribution in [1.29, 1.82) is 0 Å². The molecule has 2 aliphatic heterocycles. The molecule has 4 heterocycles. The normalized spacial score (nSPS) is 21.6. The number of aromatic nitrogens is 3. The fraction of sp³-hybridized carbons (Fsp3) is 0.632. The van der Waals surface area contributed by atoms with Crippen molar-refractivity contribution in [2.24, 2.45) is 13.0 Å². The van der Waals surface area contributed by atoms with Crippen LogP contribution in [0.5, 0.6) is 0 Å². The number of hydrogen-bond donors (Lipinski definition) is 1. The molecule has 8 heteroatoms. The Hall–Kier alpha value is -1.77. The monoisotopic (exact) mass is 389 g/mol. The van der Waals surface area contributed by atoms with E-state index in [-0.39, 0.29) is 5.91 Å². The van der Waals surface area contributed by atoms with Crippen LogP contribution in [0.4, 0.5) is 5.95 Å². The van der Waals surface area contributed by atoms with E-state index in [0.717, 1.165) is 37.1 Å². The molecule has 0 saturated carbocycles. The van der Waals surface area contributed by atoms with E-state index in [4.69, 9.17) is 4.74 Å². The molecule has 4 rings (SSSR count). The van der Waals surface area contributed by atoms with Crippen LogP contribution >= 0.6 is 11.3 Å². The van der Waals surface area contributed by atoms with Gasteiger partial charge in [-0.05, 0) is 57.2 Å². The number of aryl methyl sites for hydroxylation is 2. The van der Waals surface area contributed by atoms with Gasteiger partial charge in [-0.3, -0.25) is 15.0 Å². The van der Waals surface area contributed by atoms with Gasteiger partial charge in [0.1, 0.15) is 5.82 Å². The maximum Gasteiger partial charge on any atom is 0.268 e. The molecule has 2 saturated heterocycles. The Morgan fingerprint density at radius 2 is 2.15 bits per heavy atom. The lowest BCUT2D eigenvalue weighted by molar-refractivity contribution is 0.0508. The van der Waals surface area contributed by atoms with Gasteiger partial charge in [0.05, 0.1) is 4.88 Å². The summed E-state index contributed by atoms with van der Waals surface area (Å²) in [5, 5.41) is 7.03. The van der Waals surface area contributed by atoms with E-state index >= 15 is 0 Å². The van der Waals surface area contributed by atoms with E-state index in [2.05, 4.69) is 26.4 Å². The number of anilines is 1. The highest BCUT2D eigenvalue weighted by molar-refractivity contribution is 7.14. The van der Waals surface area contributed by atoms with E-state index in [1.165, 1.54) is 30.6 Å². The van der Waals surface area contributed by atoms with E-state index in [0.29, 0.717) is 17.8 Å². The molecule has 7 nitrogen and oxygen atoms in total. The van der Waals surface area contributed by atoms with Gasteiger partial charge in [-0.25, -0.2) is 4.68 Å². The van der Waals surface area contributed by atoms with Gasteiger partial charge in [-0.2, -0.15) is 10.1 Å². The summed E-state index contributed by atoms with van der Waals surface area (Å²) >= 11 is 1.60. The second-order valence-corrected chi connectivity index (χ2v) is 8.59. The van der Waals surface area contributed by atoms with Crippen LogP contribution in [0.2, 0.25) is 0 Å². The number of carbonyl (C=O) groups excluding carboxylic acids is 1. The fourth-order valence-electron chi connectivity index (χ4n) is 4.07. The second kappa shape index (κ2) is 8.08. The summed E-state index contributed by atoms with van der Waals surface area (Å²) in [7, 11) is 1.78. The number of hydrogen-bond acceptors (Lipinski definition) is 6. The highest BCUT2D eigenvalue weighted by atomic mass is 32.1. The minimum Gasteiger partial charge on any atom is -0.381 e. The third-order valence-electron chi connectivity index (χ3n) is 5.47. The van der Waals surface area contributed by atoms with Gasteiger partial charge in [0.25, 0.3) is 5.91 Å². The largest absolute Gasteiger partial charge is 0.381 e. The molecule has 0 aliphatic carbocycles. The molecule has 1 unspecified atom stereocenters. The maximum atomic E-state index is 12.6. The van der Waals surface area contributed by atoms with Gasteiger partial charge in [0.2, 0.25) is 5.95 Å². The molecule has 2 fully saturated rings. The summed E-state index contributed by atoms with van der Waals surface area (Å²) in [6.45, 7) is 5.90. The van der Waals surface area contributed by atoms with Crippen LogP contribution < -0.4 is 5.32 Å². The molecule has 2 aromatic heterocycles. The minimum absolute atomic E-state index is 0.115. The summed E-state index contributed by atoms with van der Waals surface area (Å²) in [5.41, 5.74) is 0. The molecule has 146 valence electrons. The molecule has 0 bridgehead atoms. The van der Waals surface area contributed by atoms with Crippen molar-refractivity contribution in [1.82, 2.24) is 19.7 Å². The first-order valence-corrected chi connectivity index (χ1v) is 10.5. The molecule has 2 aliphatic rings. The lowest BCUT2D eigenvalue weighted by Crippen LogP contribution is -2.32. The summed E-state index contributed by atoms with van der Waals surface area (Å²) in [6.07, 6.45) is 4.73. The van der Waals surface area contributed by atoms with Gasteiger partial charge < -0.3 is 4.74 Å². The summed E-state index contributed by atoms with van der Waals surface area (Å²) in [6, 6.07) is 4.49. The van der Waals surface area contributed by atoms with Crippen molar-refractivity contribution in [3.63, 3.8) is 0 Å². The molecule has 0 aromatic carbocycles. The van der Waals surface area contributed by atoms with Crippen molar-refractivity contribution in [2.45, 2.75) is 38.6 Å². The lowest BCUT2D eigenvalue weighted by atomic mass is 9.99. The van der Waals surface area contributed by atoms with Crippen LogP contribution in [0.25, 0.3) is 0 Å². The van der Waals surface area contributed by atoms with E-state index < -0.39 is 0 Å². The number of ether oxygens (including phenoxy) is 1. The van der Waals surface area contributed by atoms with Crippen molar-refractivity contribution in [3.8, 4) is 0 Å². The van der Waals surface area contributed by atoms with Gasteiger partial charge in [0.15, 0.2) is 0 Å². The van der Waals surface area contributed by atoms with Crippen molar-refractivity contribution in [2.75, 3.05) is 31.6 Å². The number of thiophene rings is 1. The molecule has 0 radical (unpaired) electrons. The number of nitrogens with zero attached hydrogens (tertiary/aromatic N) is 4. The number of likely N-dealkylation sites (tertiary alicyclic amines) is 1. The number of rotatable bonds is 5. The number of nitrogens with one attached hydrogen (secondary N) is 1. The zero-order valence-corrected chi connectivity index (χ0v) is 16.8. The molecule has 1 atom stereocenters. The molecule has 1 N–H and O–H groups in total. The first-order valence-electron chi connectivity index (χ1n) is 9.70. The Balaban J connectivity index is 1.41. The number of carbonyl (C=O) groups is 1. The SMILES string of the molecule is Cc1nc(NC(=O)c2ccc(C3CCCN3CC3CCOCC3)s2)n(C)n1. The van der Waals surface area contributed by atoms with Crippen molar-refractivity contribution in [3.05, 3.63) is 27.7 Å². The minimum atomic E-state index is -0.115. The Bertz CT molecular complexity index is 796. The zero-order chi connectivity index (χ0) is 18.8. The second-order valence-electron chi connectivity index (χ2n) is 7.47. The third-order valence-corrected chi connectivity index (χ3v) is 6.66. The molecular weight excluding hydrogens is 362 g/mol. The van der Waals surface area contributed by atoms with Crippen LogP contribution in [-0.4, -0.2) is 51.9 Å². The van der Waals surface area contributed by atoms with E-state index in [1.807, 2.05) is 13.0 Å². The van der Waals surface area contributed by atoms with Crippen LogP contribution in [0.15, 0.2) is 12.1 Å². The average molecular weight is 390 g/mol. The predicted molar refractivity (Wildman–Crippen MR) is 105 cm³/mol. The van der Waals surface area contributed by atoms with Crippen LogP contribution in [0.3, 0.4) is 0 Å². The highest BCUT2D eigenvalue weighted by Crippen LogP contribution is 2.37. The highest BCUT2D eigenvalue weighted by Gasteiger charge is 2.30. The van der Waals surface area contributed by atoms with Gasteiger partial charge in [-0.1, -0.05) is 0 Å². The molecule has 0 spiro atoms. The summed E-state index contributed by atoms with van der Waals surface area (Å²) in [4.78, 5) is 21.5. The van der Waals surface area contributed by atoms with Crippen molar-refractivity contribution < 1.29 is 9.53 Å². The summed E-state index contributed by atoms with van der Waals surface area (Å²) in [5.74, 6) is 1.75. The zero-order valence-electron chi connectivity index (χ0n) is 16.0. The first kappa shape index (κ1) is 18.6. The van der Waals surface area contributed by atoms with Crippen molar-refractivity contribution >= 4 is 23.2 Å².